The number of aryl methyl sites for hydroxylation is 1. The van der Waals surface area contributed by atoms with Gasteiger partial charge in [0.25, 0.3) is 0 Å². The highest BCUT2D eigenvalue weighted by molar-refractivity contribution is 5.98. The third kappa shape index (κ3) is 2.53. The van der Waals surface area contributed by atoms with Crippen LogP contribution in [0.4, 0.5) is 5.69 Å². The number of nitrogens with one attached hydrogen (secondary N) is 1. The summed E-state index contributed by atoms with van der Waals surface area (Å²) in [6, 6.07) is 4.55. The van der Waals surface area contributed by atoms with Crippen LogP contribution in [0.1, 0.15) is 41.7 Å². The number of rotatable bonds is 3. The van der Waals surface area contributed by atoms with E-state index in [2.05, 4.69) is 27.8 Å². The minimum Gasteiger partial charge on any atom is -0.369 e. The second-order valence-corrected chi connectivity index (χ2v) is 6.96. The van der Waals surface area contributed by atoms with E-state index in [1.807, 2.05) is 6.07 Å². The van der Waals surface area contributed by atoms with Gasteiger partial charge in [-0.2, -0.15) is 0 Å². The number of fused-ring (bicyclic) bond motifs is 1. The number of anilines is 1. The topological polar surface area (TPSA) is 54.3 Å². The Balaban J connectivity index is 1.95. The molecule has 1 aromatic carbocycles. The second kappa shape index (κ2) is 5.74. The molecule has 126 valence electrons. The van der Waals surface area contributed by atoms with Crippen molar-refractivity contribution < 1.29 is 4.79 Å². The van der Waals surface area contributed by atoms with Gasteiger partial charge in [-0.25, -0.2) is 0 Å². The van der Waals surface area contributed by atoms with E-state index in [4.69, 9.17) is 0 Å². The van der Waals surface area contributed by atoms with Crippen LogP contribution >= 0.6 is 0 Å². The summed E-state index contributed by atoms with van der Waals surface area (Å²) in [5.41, 5.74) is 3.44. The molecule has 1 aliphatic carbocycles. The van der Waals surface area contributed by atoms with Crippen molar-refractivity contribution in [3.05, 3.63) is 39.7 Å². The van der Waals surface area contributed by atoms with Crippen molar-refractivity contribution >= 4 is 22.4 Å². The van der Waals surface area contributed by atoms with Gasteiger partial charge in [0.1, 0.15) is 0 Å². The number of nitrogens with zero attached hydrogens (tertiary/aromatic N) is 2. The lowest BCUT2D eigenvalue weighted by Gasteiger charge is -2.31. The summed E-state index contributed by atoms with van der Waals surface area (Å²) in [6.07, 6.45) is 4.01. The predicted molar refractivity (Wildman–Crippen MR) is 96.3 cm³/mol. The summed E-state index contributed by atoms with van der Waals surface area (Å²) < 4.78 is 2.15. The van der Waals surface area contributed by atoms with Gasteiger partial charge >= 0.3 is 0 Å². The molecule has 0 unspecified atom stereocenters. The fourth-order valence-electron chi connectivity index (χ4n) is 3.65. The molecule has 1 aromatic heterocycles. The summed E-state index contributed by atoms with van der Waals surface area (Å²) in [6.45, 7) is 7.45. The third-order valence-electron chi connectivity index (χ3n) is 5.13. The zero-order chi connectivity index (χ0) is 16.8. The maximum Gasteiger partial charge on any atom is 0.200 e. The van der Waals surface area contributed by atoms with Crippen molar-refractivity contribution in [1.29, 1.82) is 0 Å². The van der Waals surface area contributed by atoms with Gasteiger partial charge in [-0.15, -0.1) is 0 Å². The van der Waals surface area contributed by atoms with Gasteiger partial charge in [0, 0.05) is 49.5 Å². The van der Waals surface area contributed by atoms with Gasteiger partial charge in [0.15, 0.2) is 11.2 Å². The van der Waals surface area contributed by atoms with E-state index in [1.165, 1.54) is 12.6 Å². The Morgan fingerprint density at radius 2 is 1.92 bits per heavy atom. The lowest BCUT2D eigenvalue weighted by Crippen LogP contribution is -2.43. The number of Topliss-reactive ketones (excluding diaryl/α,β-unsaturated/α-hetero) is 1. The number of carbonyl (C=O) groups is 1. The fourth-order valence-corrected chi connectivity index (χ4v) is 3.65. The molecule has 2 aromatic rings. The first-order chi connectivity index (χ1) is 11.6. The average Bonchev–Trinajstić information content (AvgIpc) is 3.40. The Kier molecular flexibility index (Phi) is 3.68. The van der Waals surface area contributed by atoms with Gasteiger partial charge in [0.2, 0.25) is 0 Å². The minimum atomic E-state index is -0.153. The Hall–Kier alpha value is -2.14. The van der Waals surface area contributed by atoms with Gasteiger partial charge in [0.05, 0.1) is 11.1 Å². The van der Waals surface area contributed by atoms with Gasteiger partial charge < -0.3 is 14.8 Å². The molecule has 1 aliphatic heterocycles. The molecule has 1 saturated carbocycles. The molecule has 4 rings (SSSR count). The highest BCUT2D eigenvalue weighted by Gasteiger charge is 2.27. The maximum atomic E-state index is 12.7. The molecule has 2 heterocycles. The Bertz CT molecular complexity index is 874. The monoisotopic (exact) mass is 325 g/mol. The molecular weight excluding hydrogens is 302 g/mol. The van der Waals surface area contributed by atoms with Crippen LogP contribution in [0.2, 0.25) is 0 Å². The van der Waals surface area contributed by atoms with Crippen LogP contribution in [0.25, 0.3) is 10.9 Å². The average molecular weight is 325 g/mol. The van der Waals surface area contributed by atoms with E-state index in [0.717, 1.165) is 50.1 Å². The van der Waals surface area contributed by atoms with E-state index in [1.54, 1.807) is 6.20 Å². The Labute approximate surface area is 141 Å². The lowest BCUT2D eigenvalue weighted by molar-refractivity contribution is 0.101. The standard InChI is InChI=1S/C19H23N3O2/c1-12-9-15-18(10-17(12)21-7-5-20-6-8-21)22(14-3-4-14)11-16(13(2)23)19(15)24/h9-11,14,20H,3-8H2,1-2H3. The van der Waals surface area contributed by atoms with Crippen molar-refractivity contribution in [1.82, 2.24) is 9.88 Å². The van der Waals surface area contributed by atoms with Crippen LogP contribution in [0, 0.1) is 6.92 Å². The van der Waals surface area contributed by atoms with Crippen LogP contribution < -0.4 is 15.6 Å². The van der Waals surface area contributed by atoms with Crippen LogP contribution in [-0.2, 0) is 0 Å². The molecule has 1 saturated heterocycles. The first-order valence-electron chi connectivity index (χ1n) is 8.72. The molecule has 0 radical (unpaired) electrons. The number of pyridine rings is 1. The molecule has 5 nitrogen and oxygen atoms in total. The van der Waals surface area contributed by atoms with Crippen molar-refractivity contribution in [3.8, 4) is 0 Å². The number of hydrogen-bond donors (Lipinski definition) is 1. The molecule has 2 aliphatic rings. The molecule has 0 amide bonds. The smallest absolute Gasteiger partial charge is 0.200 e. The molecule has 1 N–H and O–H groups in total. The summed E-state index contributed by atoms with van der Waals surface area (Å²) >= 11 is 0. The number of piperazine rings is 1. The summed E-state index contributed by atoms with van der Waals surface area (Å²) in [5, 5.41) is 4.05. The van der Waals surface area contributed by atoms with Crippen molar-refractivity contribution in [2.45, 2.75) is 32.7 Å². The SMILES string of the molecule is CC(=O)c1cn(C2CC2)c2cc(N3CCNCC3)c(C)cc2c1=O. The van der Waals surface area contributed by atoms with E-state index >= 15 is 0 Å². The minimum absolute atomic E-state index is 0.135. The largest absolute Gasteiger partial charge is 0.369 e. The highest BCUT2D eigenvalue weighted by atomic mass is 16.1. The van der Waals surface area contributed by atoms with Gasteiger partial charge in [-0.05, 0) is 44.4 Å². The molecule has 2 fully saturated rings. The van der Waals surface area contributed by atoms with Crippen LogP contribution in [0.3, 0.4) is 0 Å². The highest BCUT2D eigenvalue weighted by Crippen LogP contribution is 2.38. The molecule has 0 atom stereocenters. The summed E-state index contributed by atoms with van der Waals surface area (Å²) in [7, 11) is 0. The number of hydrogen-bond acceptors (Lipinski definition) is 4. The quantitative estimate of drug-likeness (QED) is 0.880. The number of aromatic nitrogens is 1. The lowest BCUT2D eigenvalue weighted by atomic mass is 10.0. The molecule has 24 heavy (non-hydrogen) atoms. The fraction of sp³-hybridized carbons (Fsp3) is 0.474. The third-order valence-corrected chi connectivity index (χ3v) is 5.13. The van der Waals surface area contributed by atoms with Gasteiger partial charge in [-0.1, -0.05) is 0 Å². The van der Waals surface area contributed by atoms with E-state index in [-0.39, 0.29) is 11.2 Å². The zero-order valence-corrected chi connectivity index (χ0v) is 14.3. The molecule has 5 heteroatoms. The Morgan fingerprint density at radius 1 is 1.21 bits per heavy atom. The molecule has 0 spiro atoms. The maximum absolute atomic E-state index is 12.7. The van der Waals surface area contributed by atoms with Crippen molar-refractivity contribution in [3.63, 3.8) is 0 Å². The number of carbonyl (C=O) groups excluding carboxylic acids is 1. The van der Waals surface area contributed by atoms with E-state index < -0.39 is 0 Å². The van der Waals surface area contributed by atoms with Gasteiger partial charge in [-0.3, -0.25) is 9.59 Å². The predicted octanol–water partition coefficient (Wildman–Crippen LogP) is 2.26. The number of benzene rings is 1. The first kappa shape index (κ1) is 15.4. The Morgan fingerprint density at radius 3 is 2.54 bits per heavy atom. The number of ketones is 1. The molecule has 0 bridgehead atoms. The summed E-state index contributed by atoms with van der Waals surface area (Å²) in [5.74, 6) is -0.153. The zero-order valence-electron chi connectivity index (χ0n) is 14.3. The van der Waals surface area contributed by atoms with Crippen LogP contribution in [-0.4, -0.2) is 36.5 Å². The second-order valence-electron chi connectivity index (χ2n) is 6.96. The van der Waals surface area contributed by atoms with Crippen LogP contribution in [0.15, 0.2) is 23.1 Å². The molecular formula is C19H23N3O2. The summed E-state index contributed by atoms with van der Waals surface area (Å²) in [4.78, 5) is 27.0. The van der Waals surface area contributed by atoms with Crippen molar-refractivity contribution in [2.24, 2.45) is 0 Å². The normalized spacial score (nSPS) is 18.2. The van der Waals surface area contributed by atoms with E-state index in [0.29, 0.717) is 17.0 Å². The van der Waals surface area contributed by atoms with Crippen molar-refractivity contribution in [2.75, 3.05) is 31.1 Å². The first-order valence-corrected chi connectivity index (χ1v) is 8.72. The van der Waals surface area contributed by atoms with E-state index in [9.17, 15) is 9.59 Å². The van der Waals surface area contributed by atoms with Crippen LogP contribution in [0.5, 0.6) is 0 Å².